The van der Waals surface area contributed by atoms with Crippen LogP contribution in [0.2, 0.25) is 0 Å². The molecule has 74 valence electrons. The van der Waals surface area contributed by atoms with Gasteiger partial charge in [-0.3, -0.25) is 0 Å². The molecule has 0 bridgehead atoms. The second-order valence-electron chi connectivity index (χ2n) is 3.34. The first-order valence-electron chi connectivity index (χ1n) is 4.11. The topological polar surface area (TPSA) is 15.7 Å². The molecule has 3 nitrogen and oxygen atoms in total. The highest BCUT2D eigenvalue weighted by molar-refractivity contribution is 8.09. The van der Waals surface area contributed by atoms with Crippen molar-refractivity contribution in [3.05, 3.63) is 0 Å². The Balaban J connectivity index is 2.75. The maximum Gasteiger partial charge on any atom is 0.202 e. The van der Waals surface area contributed by atoms with Crippen LogP contribution in [-0.4, -0.2) is 43.6 Å². The third-order valence-electron chi connectivity index (χ3n) is 2.10. The lowest BCUT2D eigenvalue weighted by molar-refractivity contribution is 0.200. The summed E-state index contributed by atoms with van der Waals surface area (Å²) in [4.78, 5) is 0. The number of rotatable bonds is 1. The van der Waals surface area contributed by atoms with Crippen LogP contribution in [0.25, 0.3) is 0 Å². The summed E-state index contributed by atoms with van der Waals surface area (Å²) in [6, 6.07) is 0. The van der Waals surface area contributed by atoms with Crippen LogP contribution in [0.5, 0.6) is 0 Å². The van der Waals surface area contributed by atoms with E-state index in [0.717, 1.165) is 6.54 Å². The van der Waals surface area contributed by atoms with Gasteiger partial charge in [0.15, 0.2) is 0 Å². The zero-order chi connectivity index (χ0) is 10.1. The molecule has 0 aromatic heterocycles. The Hall–Kier alpha value is 0.0900. The molecule has 1 rings (SSSR count). The molecule has 1 saturated heterocycles. The number of nitrogens with zero attached hydrogens (tertiary/aromatic N) is 2. The standard InChI is InChI=1S/C8H15N2OPS/c1-5-8-6-10(4)12(13,9(2)3)11-7-8/h1,8H,6-7H2,2-4H3. The lowest BCUT2D eigenvalue weighted by Crippen LogP contribution is -2.36. The number of hydrogen-bond donors (Lipinski definition) is 0. The lowest BCUT2D eigenvalue weighted by atomic mass is 10.2. The van der Waals surface area contributed by atoms with Crippen LogP contribution < -0.4 is 0 Å². The Morgan fingerprint density at radius 1 is 1.69 bits per heavy atom. The first-order chi connectivity index (χ1) is 6.00. The molecule has 0 amide bonds. The number of hydrogen-bond acceptors (Lipinski definition) is 2. The smallest absolute Gasteiger partial charge is 0.202 e. The monoisotopic (exact) mass is 218 g/mol. The summed E-state index contributed by atoms with van der Waals surface area (Å²) in [5.74, 6) is 2.88. The third-order valence-corrected chi connectivity index (χ3v) is 6.76. The summed E-state index contributed by atoms with van der Waals surface area (Å²) in [6.07, 6.45) is 5.34. The molecular weight excluding hydrogens is 203 g/mol. The zero-order valence-electron chi connectivity index (χ0n) is 8.23. The van der Waals surface area contributed by atoms with Gasteiger partial charge in [-0.25, -0.2) is 9.34 Å². The molecule has 2 unspecified atom stereocenters. The van der Waals surface area contributed by atoms with Gasteiger partial charge >= 0.3 is 0 Å². The van der Waals surface area contributed by atoms with E-state index in [9.17, 15) is 0 Å². The average molecular weight is 218 g/mol. The molecule has 2 atom stereocenters. The third kappa shape index (κ3) is 2.12. The van der Waals surface area contributed by atoms with E-state index in [-0.39, 0.29) is 5.92 Å². The predicted molar refractivity (Wildman–Crippen MR) is 58.9 cm³/mol. The fraction of sp³-hybridized carbons (Fsp3) is 0.750. The van der Waals surface area contributed by atoms with Crippen molar-refractivity contribution in [1.29, 1.82) is 0 Å². The van der Waals surface area contributed by atoms with Crippen LogP contribution in [-0.2, 0) is 16.3 Å². The van der Waals surface area contributed by atoms with E-state index < -0.39 is 6.57 Å². The van der Waals surface area contributed by atoms with Crippen LogP contribution in [0.15, 0.2) is 0 Å². The summed E-state index contributed by atoms with van der Waals surface area (Å²) in [5, 5.41) is 0. The molecule has 1 aliphatic heterocycles. The molecule has 0 spiro atoms. The molecule has 0 aromatic rings. The van der Waals surface area contributed by atoms with Crippen LogP contribution in [0.1, 0.15) is 0 Å². The van der Waals surface area contributed by atoms with E-state index >= 15 is 0 Å². The van der Waals surface area contributed by atoms with Gasteiger partial charge in [0.2, 0.25) is 6.57 Å². The summed E-state index contributed by atoms with van der Waals surface area (Å²) in [5.41, 5.74) is 0. The van der Waals surface area contributed by atoms with Gasteiger partial charge in [-0.2, -0.15) is 0 Å². The van der Waals surface area contributed by atoms with Crippen molar-refractivity contribution in [2.45, 2.75) is 0 Å². The molecule has 1 fully saturated rings. The number of terminal acetylenes is 1. The molecule has 1 aliphatic rings. The van der Waals surface area contributed by atoms with Crippen molar-refractivity contribution in [3.8, 4) is 12.3 Å². The van der Waals surface area contributed by atoms with E-state index in [1.54, 1.807) is 0 Å². The Morgan fingerprint density at radius 2 is 2.31 bits per heavy atom. The van der Waals surface area contributed by atoms with Crippen molar-refractivity contribution >= 4 is 18.4 Å². The Bertz CT molecular complexity index is 274. The van der Waals surface area contributed by atoms with Gasteiger partial charge in [0.05, 0.1) is 12.5 Å². The zero-order valence-corrected chi connectivity index (χ0v) is 9.94. The van der Waals surface area contributed by atoms with Gasteiger partial charge in [0, 0.05) is 6.54 Å². The van der Waals surface area contributed by atoms with Gasteiger partial charge < -0.3 is 4.52 Å². The summed E-state index contributed by atoms with van der Waals surface area (Å²) in [6.45, 7) is -0.490. The largest absolute Gasteiger partial charge is 0.325 e. The SMILES string of the molecule is C#CC1COP(=S)(N(C)C)N(C)C1. The van der Waals surface area contributed by atoms with Gasteiger partial charge in [0.25, 0.3) is 0 Å². The second kappa shape index (κ2) is 4.08. The maximum absolute atomic E-state index is 5.68. The average Bonchev–Trinajstić information content (AvgIpc) is 2.09. The van der Waals surface area contributed by atoms with E-state index in [1.165, 1.54) is 0 Å². The molecule has 0 N–H and O–H groups in total. The van der Waals surface area contributed by atoms with Crippen LogP contribution in [0.3, 0.4) is 0 Å². The minimum Gasteiger partial charge on any atom is -0.325 e. The fourth-order valence-electron chi connectivity index (χ4n) is 1.28. The van der Waals surface area contributed by atoms with Gasteiger partial charge in [0.1, 0.15) is 0 Å². The van der Waals surface area contributed by atoms with Crippen molar-refractivity contribution in [2.75, 3.05) is 34.3 Å². The maximum atomic E-state index is 5.68. The van der Waals surface area contributed by atoms with E-state index in [2.05, 4.69) is 10.6 Å². The van der Waals surface area contributed by atoms with Crippen LogP contribution in [0, 0.1) is 18.3 Å². The highest BCUT2D eigenvalue weighted by Gasteiger charge is 2.33. The summed E-state index contributed by atoms with van der Waals surface area (Å²) >= 11 is 5.47. The Labute approximate surface area is 85.2 Å². The Morgan fingerprint density at radius 3 is 2.69 bits per heavy atom. The molecular formula is C8H15N2OPS. The molecule has 13 heavy (non-hydrogen) atoms. The van der Waals surface area contributed by atoms with E-state index in [4.69, 9.17) is 22.8 Å². The molecule has 0 radical (unpaired) electrons. The Kier molecular flexibility index (Phi) is 3.50. The fourth-order valence-corrected chi connectivity index (χ4v) is 3.48. The first kappa shape index (κ1) is 11.2. The highest BCUT2D eigenvalue weighted by atomic mass is 32.5. The minimum atomic E-state index is -1.92. The summed E-state index contributed by atoms with van der Waals surface area (Å²) in [7, 11) is 5.88. The van der Waals surface area contributed by atoms with Crippen LogP contribution in [0.4, 0.5) is 0 Å². The first-order valence-corrected chi connectivity index (χ1v) is 6.73. The predicted octanol–water partition coefficient (Wildman–Crippen LogP) is 0.984. The summed E-state index contributed by atoms with van der Waals surface area (Å²) < 4.78 is 9.72. The van der Waals surface area contributed by atoms with Crippen molar-refractivity contribution in [3.63, 3.8) is 0 Å². The van der Waals surface area contributed by atoms with E-state index in [1.807, 2.05) is 25.8 Å². The second-order valence-corrected chi connectivity index (χ2v) is 7.49. The van der Waals surface area contributed by atoms with Gasteiger partial charge in [-0.15, -0.1) is 6.42 Å². The molecule has 0 aliphatic carbocycles. The van der Waals surface area contributed by atoms with Crippen molar-refractivity contribution < 1.29 is 4.52 Å². The molecule has 5 heteroatoms. The normalized spacial score (nSPS) is 36.1. The minimum absolute atomic E-state index is 0.182. The van der Waals surface area contributed by atoms with Crippen molar-refractivity contribution in [2.24, 2.45) is 5.92 Å². The van der Waals surface area contributed by atoms with Crippen LogP contribution >= 0.6 is 6.57 Å². The molecule has 0 saturated carbocycles. The molecule has 0 aromatic carbocycles. The van der Waals surface area contributed by atoms with E-state index in [0.29, 0.717) is 6.61 Å². The van der Waals surface area contributed by atoms with Gasteiger partial charge in [-0.05, 0) is 32.9 Å². The van der Waals surface area contributed by atoms with Gasteiger partial charge in [-0.1, -0.05) is 5.92 Å². The van der Waals surface area contributed by atoms with Crippen molar-refractivity contribution in [1.82, 2.24) is 9.34 Å². The quantitative estimate of drug-likeness (QED) is 0.481. The molecule has 1 heterocycles. The lowest BCUT2D eigenvalue weighted by Gasteiger charge is -2.41. The highest BCUT2D eigenvalue weighted by Crippen LogP contribution is 2.54.